The van der Waals surface area contributed by atoms with Crippen LogP contribution in [0.5, 0.6) is 0 Å². The van der Waals surface area contributed by atoms with E-state index in [9.17, 15) is 4.79 Å². The molecule has 2 aromatic rings. The molecule has 5 heteroatoms. The predicted molar refractivity (Wildman–Crippen MR) is 78.7 cm³/mol. The van der Waals surface area contributed by atoms with Crippen molar-refractivity contribution in [3.05, 3.63) is 59.5 Å². The Balaban J connectivity index is 0.00000161. The summed E-state index contributed by atoms with van der Waals surface area (Å²) in [6.07, 6.45) is 1.76. The third-order valence-electron chi connectivity index (χ3n) is 3.41. The van der Waals surface area contributed by atoms with Gasteiger partial charge in [-0.1, -0.05) is 18.2 Å². The summed E-state index contributed by atoms with van der Waals surface area (Å²) < 4.78 is 0. The molecule has 0 N–H and O–H groups in total. The Morgan fingerprint density at radius 1 is 1.10 bits per heavy atom. The molecule has 1 amide bonds. The second-order valence-corrected chi connectivity index (χ2v) is 4.76. The molecule has 1 radical (unpaired) electrons. The van der Waals surface area contributed by atoms with Gasteiger partial charge in [0.25, 0.3) is 5.91 Å². The van der Waals surface area contributed by atoms with Crippen LogP contribution in [0.3, 0.4) is 0 Å². The van der Waals surface area contributed by atoms with Crippen molar-refractivity contribution in [3.8, 4) is 11.3 Å². The topological polar surface area (TPSA) is 47.3 Å². The zero-order chi connectivity index (χ0) is 13.8. The van der Waals surface area contributed by atoms with E-state index in [0.29, 0.717) is 13.1 Å². The van der Waals surface area contributed by atoms with E-state index in [4.69, 9.17) is 0 Å². The fraction of sp³-hybridized carbons (Fsp3) is 0.250. The van der Waals surface area contributed by atoms with Gasteiger partial charge in [-0.2, -0.15) is 0 Å². The molecule has 21 heavy (non-hydrogen) atoms. The largest absolute Gasteiger partial charge is 0.659 e. The Morgan fingerprint density at radius 3 is 2.62 bits per heavy atom. The molecule has 4 nitrogen and oxygen atoms in total. The molecule has 3 rings (SSSR count). The molecule has 0 atom stereocenters. The average molecular weight is 355 g/mol. The van der Waals surface area contributed by atoms with Crippen molar-refractivity contribution in [2.24, 2.45) is 0 Å². The maximum absolute atomic E-state index is 12.4. The number of benzene rings is 1. The second-order valence-electron chi connectivity index (χ2n) is 4.76. The maximum atomic E-state index is 12.4. The van der Waals surface area contributed by atoms with Crippen molar-refractivity contribution < 1.29 is 37.5 Å². The number of piperazine rings is 1. The van der Waals surface area contributed by atoms with Crippen LogP contribution in [0.1, 0.15) is 10.4 Å². The van der Waals surface area contributed by atoms with E-state index in [1.165, 1.54) is 0 Å². The smallest absolute Gasteiger partial charge is 0.253 e. The predicted octanol–water partition coefficient (Wildman–Crippen LogP) is 2.58. The maximum Gasteiger partial charge on any atom is 0.253 e. The van der Waals surface area contributed by atoms with Crippen molar-refractivity contribution >= 4 is 5.91 Å². The number of pyridine rings is 1. The van der Waals surface area contributed by atoms with Crippen molar-refractivity contribution in [2.75, 3.05) is 26.2 Å². The van der Waals surface area contributed by atoms with Gasteiger partial charge >= 0.3 is 0 Å². The van der Waals surface area contributed by atoms with Crippen LogP contribution >= 0.6 is 0 Å². The fourth-order valence-corrected chi connectivity index (χ4v) is 2.34. The van der Waals surface area contributed by atoms with Gasteiger partial charge in [-0.25, -0.2) is 0 Å². The van der Waals surface area contributed by atoms with Crippen LogP contribution in [-0.4, -0.2) is 42.0 Å². The molecular weight excluding hydrogens is 339 g/mol. The Bertz CT molecular complexity index is 597. The summed E-state index contributed by atoms with van der Waals surface area (Å²) in [6.45, 7) is 2.91. The molecule has 0 saturated carbocycles. The molecule has 0 spiro atoms. The van der Waals surface area contributed by atoms with E-state index in [-0.39, 0.29) is 38.6 Å². The minimum atomic E-state index is 0. The van der Waals surface area contributed by atoms with Crippen molar-refractivity contribution in [2.45, 2.75) is 0 Å². The molecule has 0 bridgehead atoms. The van der Waals surface area contributed by atoms with Crippen LogP contribution in [0.15, 0.2) is 48.7 Å². The van der Waals surface area contributed by atoms with E-state index in [1.807, 2.05) is 47.4 Å². The number of aromatic nitrogens is 1. The van der Waals surface area contributed by atoms with Crippen molar-refractivity contribution in [1.82, 2.24) is 9.88 Å². The summed E-state index contributed by atoms with van der Waals surface area (Å²) >= 11 is 0. The van der Waals surface area contributed by atoms with Gasteiger partial charge in [0.2, 0.25) is 0 Å². The van der Waals surface area contributed by atoms with Gasteiger partial charge in [0.05, 0.1) is 5.69 Å². The monoisotopic (exact) mass is 355 g/mol. The van der Waals surface area contributed by atoms with Gasteiger partial charge in [0.1, 0.15) is 0 Å². The molecular formula is C16H16N3OY-. The van der Waals surface area contributed by atoms with Crippen molar-refractivity contribution in [1.29, 1.82) is 0 Å². The molecule has 1 aliphatic rings. The third-order valence-corrected chi connectivity index (χ3v) is 3.41. The first-order chi connectivity index (χ1) is 9.84. The van der Waals surface area contributed by atoms with Crippen LogP contribution in [0.4, 0.5) is 0 Å². The number of hydrogen-bond donors (Lipinski definition) is 0. The summed E-state index contributed by atoms with van der Waals surface area (Å²) in [5, 5.41) is 4.26. The Kier molecular flexibility index (Phi) is 6.03. The van der Waals surface area contributed by atoms with Crippen LogP contribution in [-0.2, 0) is 32.7 Å². The summed E-state index contributed by atoms with van der Waals surface area (Å²) in [6, 6.07) is 13.4. The van der Waals surface area contributed by atoms with Gasteiger partial charge in [-0.3, -0.25) is 9.78 Å². The first-order valence-electron chi connectivity index (χ1n) is 6.78. The first kappa shape index (κ1) is 16.3. The van der Waals surface area contributed by atoms with Gasteiger partial charge in [-0.05, 0) is 24.3 Å². The van der Waals surface area contributed by atoms with E-state index in [0.717, 1.165) is 29.9 Å². The molecule has 2 heterocycles. The molecule has 105 valence electrons. The molecule has 1 fully saturated rings. The zero-order valence-corrected chi connectivity index (χ0v) is 14.6. The Hall–Kier alpha value is -1.10. The van der Waals surface area contributed by atoms with Gasteiger partial charge in [-0.15, -0.1) is 13.1 Å². The summed E-state index contributed by atoms with van der Waals surface area (Å²) in [7, 11) is 0. The van der Waals surface area contributed by atoms with Crippen LogP contribution in [0.2, 0.25) is 0 Å². The average Bonchev–Trinajstić information content (AvgIpc) is 2.56. The number of rotatable bonds is 2. The van der Waals surface area contributed by atoms with E-state index in [2.05, 4.69) is 10.3 Å². The van der Waals surface area contributed by atoms with E-state index < -0.39 is 0 Å². The quantitative estimate of drug-likeness (QED) is 0.831. The first-order valence-corrected chi connectivity index (χ1v) is 6.78. The van der Waals surface area contributed by atoms with Gasteiger partial charge in [0, 0.05) is 63.1 Å². The Labute approximate surface area is 149 Å². The van der Waals surface area contributed by atoms with Crippen molar-refractivity contribution in [3.63, 3.8) is 0 Å². The fourth-order valence-electron chi connectivity index (χ4n) is 2.34. The Morgan fingerprint density at radius 2 is 1.90 bits per heavy atom. The molecule has 0 aliphatic carbocycles. The number of hydrogen-bond acceptors (Lipinski definition) is 2. The minimum Gasteiger partial charge on any atom is -0.659 e. The zero-order valence-electron chi connectivity index (χ0n) is 11.8. The SMILES string of the molecule is O=C(c1cccc(-c2ccccn2)c1)N1CC[N-]CC1.[Y]. The summed E-state index contributed by atoms with van der Waals surface area (Å²) in [5.74, 6) is 0.0812. The standard InChI is InChI=1S/C16H16N3O.Y/c20-16(19-10-8-17-9-11-19)14-5-3-4-13(12-14)15-6-1-2-7-18-15;/h1-7,12H,8-11H2;/q-1;. The minimum absolute atomic E-state index is 0. The van der Waals surface area contributed by atoms with Crippen LogP contribution in [0, 0.1) is 0 Å². The normalized spacial score (nSPS) is 14.4. The van der Waals surface area contributed by atoms with E-state index >= 15 is 0 Å². The number of amides is 1. The second kappa shape index (κ2) is 7.78. The van der Waals surface area contributed by atoms with Crippen LogP contribution in [0.25, 0.3) is 16.6 Å². The summed E-state index contributed by atoms with van der Waals surface area (Å²) in [5.41, 5.74) is 2.57. The number of carbonyl (C=O) groups is 1. The molecule has 1 aromatic carbocycles. The van der Waals surface area contributed by atoms with Gasteiger partial charge in [0.15, 0.2) is 0 Å². The molecule has 0 unspecified atom stereocenters. The molecule has 1 aliphatic heterocycles. The van der Waals surface area contributed by atoms with Crippen LogP contribution < -0.4 is 0 Å². The number of carbonyl (C=O) groups excluding carboxylic acids is 1. The number of nitrogens with zero attached hydrogens (tertiary/aromatic N) is 3. The summed E-state index contributed by atoms with van der Waals surface area (Å²) in [4.78, 5) is 18.6. The van der Waals surface area contributed by atoms with E-state index in [1.54, 1.807) is 6.20 Å². The molecule has 1 saturated heterocycles. The third kappa shape index (κ3) is 3.97. The van der Waals surface area contributed by atoms with Gasteiger partial charge < -0.3 is 10.2 Å². The molecule has 1 aromatic heterocycles.